The molecule has 0 saturated carbocycles. The first-order valence-corrected chi connectivity index (χ1v) is 10.3. The monoisotopic (exact) mass is 378 g/mol. The maximum absolute atomic E-state index is 12.1. The lowest BCUT2D eigenvalue weighted by atomic mass is 9.89. The Morgan fingerprint density at radius 1 is 1.24 bits per heavy atom. The van der Waals surface area contributed by atoms with Crippen LogP contribution in [-0.2, 0) is 19.6 Å². The number of nitrogens with zero attached hydrogens (tertiary/aromatic N) is 3. The van der Waals surface area contributed by atoms with Gasteiger partial charge in [0.1, 0.15) is 0 Å². The number of carbonyl (C=O) groups is 1. The summed E-state index contributed by atoms with van der Waals surface area (Å²) >= 11 is 0. The Morgan fingerprint density at radius 2 is 1.84 bits per heavy atom. The molecule has 2 atom stereocenters. The SMILES string of the molecule is CC(=O)NC1(NS(C)(=O)=O)CCCN(N2CCOCC2)C1(N)N(C)C. The zero-order valence-electron chi connectivity index (χ0n) is 15.4. The Labute approximate surface area is 149 Å². The third-order valence-electron chi connectivity index (χ3n) is 4.70. The molecule has 4 N–H and O–H groups in total. The molecule has 0 spiro atoms. The van der Waals surface area contributed by atoms with Gasteiger partial charge in [-0.25, -0.2) is 18.4 Å². The van der Waals surface area contributed by atoms with E-state index in [1.54, 1.807) is 19.0 Å². The van der Waals surface area contributed by atoms with Gasteiger partial charge in [0.2, 0.25) is 15.9 Å². The van der Waals surface area contributed by atoms with Crippen LogP contribution in [0.15, 0.2) is 0 Å². The van der Waals surface area contributed by atoms with Crippen LogP contribution < -0.4 is 15.8 Å². The molecule has 2 fully saturated rings. The van der Waals surface area contributed by atoms with E-state index in [1.807, 2.05) is 5.01 Å². The van der Waals surface area contributed by atoms with Crippen LogP contribution in [0.1, 0.15) is 19.8 Å². The van der Waals surface area contributed by atoms with Crippen LogP contribution in [0, 0.1) is 0 Å². The molecule has 0 bridgehead atoms. The van der Waals surface area contributed by atoms with Crippen LogP contribution in [0.3, 0.4) is 0 Å². The molecule has 2 saturated heterocycles. The predicted octanol–water partition coefficient (Wildman–Crippen LogP) is -2.11. The number of nitrogens with one attached hydrogen (secondary N) is 2. The second-order valence-electron chi connectivity index (χ2n) is 6.87. The van der Waals surface area contributed by atoms with E-state index in [0.29, 0.717) is 45.7 Å². The predicted molar refractivity (Wildman–Crippen MR) is 93.5 cm³/mol. The summed E-state index contributed by atoms with van der Waals surface area (Å²) in [7, 11) is -0.0736. The number of likely N-dealkylation sites (N-methyl/N-ethyl adjacent to an activating group) is 1. The number of amides is 1. The zero-order valence-corrected chi connectivity index (χ0v) is 16.2. The molecule has 0 radical (unpaired) electrons. The van der Waals surface area contributed by atoms with Gasteiger partial charge in [-0.15, -0.1) is 0 Å². The van der Waals surface area contributed by atoms with E-state index >= 15 is 0 Å². The standard InChI is InChI=1S/C14H30N6O4S/c1-12(21)16-13(17-25(4,22)23)6-5-7-20(14(13,15)18(2)3)19-8-10-24-11-9-19/h17H,5-11,15H2,1-4H3,(H,16,21). The van der Waals surface area contributed by atoms with Gasteiger partial charge in [0.15, 0.2) is 11.4 Å². The van der Waals surface area contributed by atoms with Crippen molar-refractivity contribution in [1.29, 1.82) is 0 Å². The third-order valence-corrected chi connectivity index (χ3v) is 5.42. The highest BCUT2D eigenvalue weighted by Crippen LogP contribution is 2.35. The van der Waals surface area contributed by atoms with Crippen LogP contribution in [0.2, 0.25) is 0 Å². The van der Waals surface area contributed by atoms with E-state index in [2.05, 4.69) is 15.0 Å². The molecule has 146 valence electrons. The van der Waals surface area contributed by atoms with Gasteiger partial charge in [-0.3, -0.25) is 15.4 Å². The highest BCUT2D eigenvalue weighted by atomic mass is 32.2. The van der Waals surface area contributed by atoms with Crippen molar-refractivity contribution in [2.75, 3.05) is 53.2 Å². The van der Waals surface area contributed by atoms with Gasteiger partial charge in [-0.1, -0.05) is 0 Å². The first kappa shape index (κ1) is 20.5. The smallest absolute Gasteiger partial charge is 0.218 e. The topological polar surface area (TPSA) is 120 Å². The summed E-state index contributed by atoms with van der Waals surface area (Å²) in [6.45, 7) is 4.47. The second kappa shape index (κ2) is 7.43. The minimum absolute atomic E-state index is 0.350. The van der Waals surface area contributed by atoms with Crippen molar-refractivity contribution < 1.29 is 17.9 Å². The number of hydrazine groups is 1. The molecule has 0 aliphatic carbocycles. The molecule has 25 heavy (non-hydrogen) atoms. The molecule has 2 rings (SSSR count). The van der Waals surface area contributed by atoms with Crippen LogP contribution in [0.4, 0.5) is 0 Å². The Balaban J connectivity index is 2.51. The van der Waals surface area contributed by atoms with Gasteiger partial charge in [0.25, 0.3) is 0 Å². The zero-order chi connectivity index (χ0) is 18.9. The lowest BCUT2D eigenvalue weighted by molar-refractivity contribution is -0.239. The summed E-state index contributed by atoms with van der Waals surface area (Å²) in [5.74, 6) is -1.63. The Bertz CT molecular complexity index is 594. The number of ether oxygens (including phenoxy) is 1. The summed E-state index contributed by atoms with van der Waals surface area (Å²) < 4.78 is 32.2. The second-order valence-corrected chi connectivity index (χ2v) is 8.62. The molecule has 0 aromatic heterocycles. The van der Waals surface area contributed by atoms with E-state index in [-0.39, 0.29) is 5.91 Å². The van der Waals surface area contributed by atoms with E-state index in [1.165, 1.54) is 6.92 Å². The molecule has 10 nitrogen and oxygen atoms in total. The number of morpholine rings is 1. The van der Waals surface area contributed by atoms with E-state index in [9.17, 15) is 13.2 Å². The Kier molecular flexibility index (Phi) is 6.09. The van der Waals surface area contributed by atoms with Gasteiger partial charge >= 0.3 is 0 Å². The first-order chi connectivity index (χ1) is 11.5. The largest absolute Gasteiger partial charge is 0.379 e. The number of rotatable bonds is 5. The number of nitrogens with two attached hydrogens (primary N) is 1. The van der Waals surface area contributed by atoms with Crippen LogP contribution in [0.25, 0.3) is 0 Å². The fourth-order valence-electron chi connectivity index (χ4n) is 3.76. The number of carbonyl (C=O) groups excluding carboxylic acids is 1. The van der Waals surface area contributed by atoms with Crippen molar-refractivity contribution in [2.24, 2.45) is 5.73 Å². The van der Waals surface area contributed by atoms with Gasteiger partial charge in [-0.05, 0) is 26.9 Å². The first-order valence-electron chi connectivity index (χ1n) is 8.36. The summed E-state index contributed by atoms with van der Waals surface area (Å²) in [6, 6.07) is 0. The molecule has 1 amide bonds. The minimum atomic E-state index is -3.63. The molecule has 2 aliphatic heterocycles. The summed E-state index contributed by atoms with van der Waals surface area (Å²) in [5.41, 5.74) is 5.48. The minimum Gasteiger partial charge on any atom is -0.379 e. The van der Waals surface area contributed by atoms with Gasteiger partial charge in [0.05, 0.1) is 19.5 Å². The lowest BCUT2D eigenvalue weighted by Gasteiger charge is -2.61. The van der Waals surface area contributed by atoms with Gasteiger partial charge in [-0.2, -0.15) is 4.72 Å². The normalized spacial score (nSPS) is 32.7. The molecule has 0 aromatic rings. The summed E-state index contributed by atoms with van der Waals surface area (Å²) in [5, 5.41) is 6.82. The van der Waals surface area contributed by atoms with E-state index < -0.39 is 21.5 Å². The van der Waals surface area contributed by atoms with E-state index in [4.69, 9.17) is 10.5 Å². The average molecular weight is 378 g/mol. The number of hydrogen-bond donors (Lipinski definition) is 3. The third kappa shape index (κ3) is 4.13. The van der Waals surface area contributed by atoms with Crippen molar-refractivity contribution in [3.05, 3.63) is 0 Å². The van der Waals surface area contributed by atoms with Crippen molar-refractivity contribution in [1.82, 2.24) is 25.0 Å². The van der Waals surface area contributed by atoms with Crippen molar-refractivity contribution in [3.63, 3.8) is 0 Å². The van der Waals surface area contributed by atoms with Crippen molar-refractivity contribution in [3.8, 4) is 0 Å². The molecular weight excluding hydrogens is 348 g/mol. The van der Waals surface area contributed by atoms with E-state index in [0.717, 1.165) is 6.26 Å². The highest BCUT2D eigenvalue weighted by Gasteiger charge is 2.60. The highest BCUT2D eigenvalue weighted by molar-refractivity contribution is 7.88. The van der Waals surface area contributed by atoms with Gasteiger partial charge in [0, 0.05) is 26.6 Å². The molecule has 11 heteroatoms. The molecule has 2 heterocycles. The van der Waals surface area contributed by atoms with Crippen LogP contribution >= 0.6 is 0 Å². The average Bonchev–Trinajstić information content (AvgIpc) is 2.48. The number of piperidine rings is 1. The quantitative estimate of drug-likeness (QED) is 0.465. The fraction of sp³-hybridized carbons (Fsp3) is 0.929. The molecule has 2 unspecified atom stereocenters. The maximum atomic E-state index is 12.1. The molecule has 2 aliphatic rings. The summed E-state index contributed by atoms with van der Waals surface area (Å²) in [6.07, 6.45) is 2.13. The Morgan fingerprint density at radius 3 is 2.32 bits per heavy atom. The number of sulfonamides is 1. The fourth-order valence-corrected chi connectivity index (χ4v) is 4.69. The number of hydrogen-bond acceptors (Lipinski definition) is 8. The maximum Gasteiger partial charge on any atom is 0.218 e. The van der Waals surface area contributed by atoms with Crippen LogP contribution in [0.5, 0.6) is 0 Å². The Hall–Kier alpha value is -0.820. The van der Waals surface area contributed by atoms with Gasteiger partial charge < -0.3 is 10.1 Å². The van der Waals surface area contributed by atoms with Crippen molar-refractivity contribution in [2.45, 2.75) is 31.2 Å². The summed E-state index contributed by atoms with van der Waals surface area (Å²) in [4.78, 5) is 13.7. The van der Waals surface area contributed by atoms with Crippen molar-refractivity contribution >= 4 is 15.9 Å². The molecule has 0 aromatic carbocycles. The van der Waals surface area contributed by atoms with Crippen LogP contribution in [-0.4, -0.2) is 93.9 Å². The lowest BCUT2D eigenvalue weighted by Crippen LogP contribution is -2.89. The molecular formula is C14H30N6O4S.